The molecule has 58 valence electrons. The van der Waals surface area contributed by atoms with Crippen LogP contribution in [0.4, 0.5) is 0 Å². The number of halogens is 1. The van der Waals surface area contributed by atoms with Crippen LogP contribution in [0.1, 0.15) is 12.8 Å². The zero-order valence-electron chi connectivity index (χ0n) is 6.09. The predicted molar refractivity (Wildman–Crippen MR) is 45.1 cm³/mol. The number of piperazine rings is 1. The van der Waals surface area contributed by atoms with Gasteiger partial charge in [0.25, 0.3) is 0 Å². The molecule has 1 atom stereocenters. The first-order valence-corrected chi connectivity index (χ1v) is 4.72. The molecule has 0 N–H and O–H groups in total. The number of rotatable bonds is 0. The fourth-order valence-corrected chi connectivity index (χ4v) is 2.45. The normalized spacial score (nSPS) is 36.3. The molecule has 0 aromatic rings. The lowest BCUT2D eigenvalue weighted by Crippen LogP contribution is -2.46. The second-order valence-corrected chi connectivity index (χ2v) is 4.20. The molecule has 2 saturated heterocycles. The van der Waals surface area contributed by atoms with Crippen LogP contribution in [0, 0.1) is 0 Å². The van der Waals surface area contributed by atoms with Crippen LogP contribution in [-0.4, -0.2) is 41.0 Å². The number of fused-ring (bicyclic) bond motifs is 1. The molecule has 2 aliphatic heterocycles. The zero-order chi connectivity index (χ0) is 6.97. The maximum atomic E-state index is 3.53. The fraction of sp³-hybridized carbons (Fsp3) is 1.00. The van der Waals surface area contributed by atoms with Crippen molar-refractivity contribution in [2.75, 3.05) is 26.2 Å². The molecule has 0 saturated carbocycles. The van der Waals surface area contributed by atoms with Crippen LogP contribution >= 0.6 is 16.1 Å². The summed E-state index contributed by atoms with van der Waals surface area (Å²) in [7, 11) is 0. The van der Waals surface area contributed by atoms with Crippen molar-refractivity contribution in [1.29, 1.82) is 0 Å². The second-order valence-electron chi connectivity index (χ2n) is 3.20. The Kier molecular flexibility index (Phi) is 1.98. The molecule has 2 aliphatic rings. The quantitative estimate of drug-likeness (QED) is 0.546. The Hall–Kier alpha value is 0.400. The first-order chi connectivity index (χ1) is 4.86. The monoisotopic (exact) mass is 204 g/mol. The lowest BCUT2D eigenvalue weighted by atomic mass is 10.2. The van der Waals surface area contributed by atoms with Gasteiger partial charge >= 0.3 is 0 Å². The molecule has 2 rings (SSSR count). The van der Waals surface area contributed by atoms with Gasteiger partial charge in [-0.15, -0.1) is 0 Å². The summed E-state index contributed by atoms with van der Waals surface area (Å²) in [6.07, 6.45) is 2.81. The van der Waals surface area contributed by atoms with Crippen molar-refractivity contribution < 1.29 is 0 Å². The van der Waals surface area contributed by atoms with Crippen molar-refractivity contribution in [1.82, 2.24) is 8.83 Å². The van der Waals surface area contributed by atoms with E-state index in [1.807, 2.05) is 0 Å². The van der Waals surface area contributed by atoms with Crippen molar-refractivity contribution in [2.24, 2.45) is 0 Å². The van der Waals surface area contributed by atoms with E-state index in [9.17, 15) is 0 Å². The summed E-state index contributed by atoms with van der Waals surface area (Å²) in [5.41, 5.74) is 0. The molecule has 0 aromatic carbocycles. The molecule has 0 aromatic heterocycles. The van der Waals surface area contributed by atoms with E-state index in [0.717, 1.165) is 6.04 Å². The maximum absolute atomic E-state index is 3.53. The summed E-state index contributed by atoms with van der Waals surface area (Å²) in [5.74, 6) is 0. The standard InChI is InChI=1S/C7H13BrN2/c8-10-5-4-9-3-1-2-7(9)6-10/h7H,1-6H2/t7-/m1/s1. The summed E-state index contributed by atoms with van der Waals surface area (Å²) in [6, 6.07) is 0.855. The van der Waals surface area contributed by atoms with E-state index in [-0.39, 0.29) is 0 Å². The fourth-order valence-electron chi connectivity index (χ4n) is 1.95. The van der Waals surface area contributed by atoms with Gasteiger partial charge in [0.1, 0.15) is 0 Å². The van der Waals surface area contributed by atoms with Gasteiger partial charge in [0.2, 0.25) is 0 Å². The predicted octanol–water partition coefficient (Wildman–Crippen LogP) is 1.08. The number of hydrogen-bond donors (Lipinski definition) is 0. The zero-order valence-corrected chi connectivity index (χ0v) is 7.68. The van der Waals surface area contributed by atoms with Crippen LogP contribution in [0.2, 0.25) is 0 Å². The number of hydrogen-bond acceptors (Lipinski definition) is 2. The minimum Gasteiger partial charge on any atom is -0.298 e. The van der Waals surface area contributed by atoms with Crippen molar-refractivity contribution >= 4 is 16.1 Å². The van der Waals surface area contributed by atoms with Crippen molar-refractivity contribution in [3.8, 4) is 0 Å². The Morgan fingerprint density at radius 1 is 1.20 bits per heavy atom. The van der Waals surface area contributed by atoms with Gasteiger partial charge in [-0.05, 0) is 19.4 Å². The molecule has 2 fully saturated rings. The van der Waals surface area contributed by atoms with E-state index in [4.69, 9.17) is 0 Å². The van der Waals surface area contributed by atoms with Crippen molar-refractivity contribution in [3.63, 3.8) is 0 Å². The van der Waals surface area contributed by atoms with E-state index in [0.29, 0.717) is 0 Å². The van der Waals surface area contributed by atoms with Crippen LogP contribution in [0.5, 0.6) is 0 Å². The Bertz CT molecular complexity index is 129. The van der Waals surface area contributed by atoms with E-state index in [1.54, 1.807) is 0 Å². The largest absolute Gasteiger partial charge is 0.298 e. The van der Waals surface area contributed by atoms with Gasteiger partial charge in [0.15, 0.2) is 0 Å². The van der Waals surface area contributed by atoms with Crippen LogP contribution in [0.15, 0.2) is 0 Å². The number of nitrogens with zero attached hydrogens (tertiary/aromatic N) is 2. The SMILES string of the molecule is BrN1CCN2CCC[C@@H]2C1. The third-order valence-electron chi connectivity index (χ3n) is 2.54. The highest BCUT2D eigenvalue weighted by molar-refractivity contribution is 9.07. The molecule has 2 heterocycles. The molecule has 10 heavy (non-hydrogen) atoms. The van der Waals surface area contributed by atoms with Crippen molar-refractivity contribution in [3.05, 3.63) is 0 Å². The summed E-state index contributed by atoms with van der Waals surface area (Å²) < 4.78 is 2.26. The Balaban J connectivity index is 1.96. The average Bonchev–Trinajstić information content (AvgIpc) is 2.33. The lowest BCUT2D eigenvalue weighted by molar-refractivity contribution is 0.170. The topological polar surface area (TPSA) is 6.48 Å². The first kappa shape index (κ1) is 7.07. The molecule has 3 heteroatoms. The second kappa shape index (κ2) is 2.80. The molecular weight excluding hydrogens is 192 g/mol. The average molecular weight is 205 g/mol. The smallest absolute Gasteiger partial charge is 0.0249 e. The third-order valence-corrected chi connectivity index (χ3v) is 3.18. The highest BCUT2D eigenvalue weighted by Crippen LogP contribution is 2.22. The summed E-state index contributed by atoms with van der Waals surface area (Å²) in [4.78, 5) is 2.61. The lowest BCUT2D eigenvalue weighted by Gasteiger charge is -2.33. The summed E-state index contributed by atoms with van der Waals surface area (Å²) in [5, 5.41) is 0. The van der Waals surface area contributed by atoms with Crippen LogP contribution in [0.3, 0.4) is 0 Å². The van der Waals surface area contributed by atoms with Gasteiger partial charge < -0.3 is 0 Å². The minimum atomic E-state index is 0.855. The summed E-state index contributed by atoms with van der Waals surface area (Å²) >= 11 is 3.53. The van der Waals surface area contributed by atoms with E-state index in [2.05, 4.69) is 25.0 Å². The van der Waals surface area contributed by atoms with E-state index in [1.165, 1.54) is 39.0 Å². The van der Waals surface area contributed by atoms with E-state index < -0.39 is 0 Å². The van der Waals surface area contributed by atoms with Gasteiger partial charge in [-0.1, -0.05) is 0 Å². The van der Waals surface area contributed by atoms with Crippen LogP contribution < -0.4 is 0 Å². The van der Waals surface area contributed by atoms with E-state index >= 15 is 0 Å². The molecule has 0 radical (unpaired) electrons. The Morgan fingerprint density at radius 3 is 3.00 bits per heavy atom. The molecular formula is C7H13BrN2. The van der Waals surface area contributed by atoms with Crippen LogP contribution in [0.25, 0.3) is 0 Å². The maximum Gasteiger partial charge on any atom is 0.0249 e. The highest BCUT2D eigenvalue weighted by atomic mass is 79.9. The van der Waals surface area contributed by atoms with Gasteiger partial charge in [0.05, 0.1) is 0 Å². The molecule has 0 amide bonds. The van der Waals surface area contributed by atoms with Gasteiger partial charge in [-0.3, -0.25) is 4.90 Å². The molecule has 0 unspecified atom stereocenters. The highest BCUT2D eigenvalue weighted by Gasteiger charge is 2.29. The van der Waals surface area contributed by atoms with Gasteiger partial charge in [-0.25, -0.2) is 3.93 Å². The first-order valence-electron chi connectivity index (χ1n) is 4.01. The third kappa shape index (κ3) is 1.22. The Morgan fingerprint density at radius 2 is 2.10 bits per heavy atom. The van der Waals surface area contributed by atoms with Crippen LogP contribution in [-0.2, 0) is 0 Å². The molecule has 0 bridgehead atoms. The minimum absolute atomic E-state index is 0.855. The van der Waals surface area contributed by atoms with Gasteiger partial charge in [-0.2, -0.15) is 0 Å². The molecule has 2 nitrogen and oxygen atoms in total. The molecule has 0 spiro atoms. The van der Waals surface area contributed by atoms with Gasteiger partial charge in [0, 0.05) is 41.8 Å². The Labute approximate surface area is 70.5 Å². The molecule has 0 aliphatic carbocycles. The van der Waals surface area contributed by atoms with Crippen molar-refractivity contribution in [2.45, 2.75) is 18.9 Å². The summed E-state index contributed by atoms with van der Waals surface area (Å²) in [6.45, 7) is 5.01.